The number of halogens is 1. The number of rotatable bonds is 3. The highest BCUT2D eigenvalue weighted by molar-refractivity contribution is 9.09. The van der Waals surface area contributed by atoms with Gasteiger partial charge in [0.2, 0.25) is 0 Å². The summed E-state index contributed by atoms with van der Waals surface area (Å²) in [6, 6.07) is 3.64. The zero-order valence-corrected chi connectivity index (χ0v) is 13.8. The molecule has 2 atom stereocenters. The van der Waals surface area contributed by atoms with E-state index in [0.29, 0.717) is 4.21 Å². The van der Waals surface area contributed by atoms with Gasteiger partial charge in [-0.15, -0.1) is 11.3 Å². The molecule has 1 aliphatic carbocycles. The van der Waals surface area contributed by atoms with E-state index in [0.717, 1.165) is 24.1 Å². The minimum absolute atomic E-state index is 0.0751. The summed E-state index contributed by atoms with van der Waals surface area (Å²) in [6.45, 7) is 1.93. The molecule has 0 N–H and O–H groups in total. The van der Waals surface area contributed by atoms with Crippen LogP contribution < -0.4 is 0 Å². The fraction of sp³-hybridized carbons (Fsp3) is 0.667. The average Bonchev–Trinajstić information content (AvgIpc) is 2.76. The van der Waals surface area contributed by atoms with Crippen molar-refractivity contribution < 1.29 is 8.42 Å². The molecule has 0 amide bonds. The summed E-state index contributed by atoms with van der Waals surface area (Å²) in [7, 11) is -1.63. The van der Waals surface area contributed by atoms with Crippen molar-refractivity contribution in [1.29, 1.82) is 0 Å². The molecule has 1 heterocycles. The Labute approximate surface area is 121 Å². The second-order valence-corrected chi connectivity index (χ2v) is 9.44. The Morgan fingerprint density at radius 3 is 2.56 bits per heavy atom. The van der Waals surface area contributed by atoms with Crippen LogP contribution in [0, 0.1) is 6.92 Å². The van der Waals surface area contributed by atoms with Crippen molar-refractivity contribution in [3.8, 4) is 0 Å². The highest BCUT2D eigenvalue weighted by Crippen LogP contribution is 2.32. The second kappa shape index (κ2) is 5.61. The maximum absolute atomic E-state index is 12.5. The fourth-order valence-electron chi connectivity index (χ4n) is 2.35. The molecule has 3 nitrogen and oxygen atoms in total. The van der Waals surface area contributed by atoms with Crippen molar-refractivity contribution >= 4 is 37.3 Å². The molecule has 0 spiro atoms. The summed E-state index contributed by atoms with van der Waals surface area (Å²) in [4.78, 5) is 1.30. The first-order valence-electron chi connectivity index (χ1n) is 6.11. The molecule has 102 valence electrons. The summed E-state index contributed by atoms with van der Waals surface area (Å²) in [5.74, 6) is 0. The molecule has 6 heteroatoms. The topological polar surface area (TPSA) is 37.4 Å². The van der Waals surface area contributed by atoms with E-state index in [1.165, 1.54) is 17.8 Å². The maximum Gasteiger partial charge on any atom is 0.252 e. The molecule has 1 aromatic rings. The summed E-state index contributed by atoms with van der Waals surface area (Å²) >= 11 is 4.97. The average molecular weight is 352 g/mol. The van der Waals surface area contributed by atoms with Gasteiger partial charge in [0.15, 0.2) is 0 Å². The minimum Gasteiger partial charge on any atom is -0.206 e. The SMILES string of the molecule is Cc1ccc(S(=O)(=O)N(C)C2CCCCC2Br)s1. The lowest BCUT2D eigenvalue weighted by Crippen LogP contribution is -2.43. The summed E-state index contributed by atoms with van der Waals surface area (Å²) in [6.07, 6.45) is 4.28. The van der Waals surface area contributed by atoms with E-state index in [2.05, 4.69) is 15.9 Å². The Kier molecular flexibility index (Phi) is 4.52. The molecule has 1 aliphatic rings. The van der Waals surface area contributed by atoms with Crippen molar-refractivity contribution in [1.82, 2.24) is 4.31 Å². The highest BCUT2D eigenvalue weighted by Gasteiger charge is 2.34. The number of sulfonamides is 1. The molecule has 1 saturated carbocycles. The van der Waals surface area contributed by atoms with Crippen LogP contribution in [-0.4, -0.2) is 30.6 Å². The van der Waals surface area contributed by atoms with E-state index in [4.69, 9.17) is 0 Å². The van der Waals surface area contributed by atoms with E-state index in [-0.39, 0.29) is 10.9 Å². The fourth-order valence-corrected chi connectivity index (χ4v) is 6.34. The first kappa shape index (κ1) is 14.5. The Morgan fingerprint density at radius 2 is 2.00 bits per heavy atom. The van der Waals surface area contributed by atoms with E-state index < -0.39 is 10.0 Å². The van der Waals surface area contributed by atoms with Crippen LogP contribution >= 0.6 is 27.3 Å². The Morgan fingerprint density at radius 1 is 1.33 bits per heavy atom. The maximum atomic E-state index is 12.5. The van der Waals surface area contributed by atoms with Gasteiger partial charge in [-0.2, -0.15) is 4.31 Å². The molecule has 0 saturated heterocycles. The number of hydrogen-bond donors (Lipinski definition) is 0. The molecular formula is C12H18BrNO2S2. The van der Waals surface area contributed by atoms with Crippen LogP contribution in [0.25, 0.3) is 0 Å². The van der Waals surface area contributed by atoms with Crippen LogP contribution in [0.3, 0.4) is 0 Å². The van der Waals surface area contributed by atoms with Crippen LogP contribution in [0.2, 0.25) is 0 Å². The summed E-state index contributed by atoms with van der Waals surface area (Å²) in [5, 5.41) is 0. The van der Waals surface area contributed by atoms with E-state index >= 15 is 0 Å². The predicted octanol–water partition coefficient (Wildman–Crippen LogP) is 3.38. The molecular weight excluding hydrogens is 334 g/mol. The number of alkyl halides is 1. The first-order chi connectivity index (χ1) is 8.43. The lowest BCUT2D eigenvalue weighted by Gasteiger charge is -2.34. The standard InChI is InChI=1S/C12H18BrNO2S2/c1-9-7-8-12(17-9)18(15,16)14(2)11-6-4-3-5-10(11)13/h7-8,10-11H,3-6H2,1-2H3. The Bertz CT molecular complexity index is 512. The van der Waals surface area contributed by atoms with Gasteiger partial charge < -0.3 is 0 Å². The monoisotopic (exact) mass is 351 g/mol. The smallest absolute Gasteiger partial charge is 0.206 e. The van der Waals surface area contributed by atoms with Gasteiger partial charge in [-0.25, -0.2) is 8.42 Å². The van der Waals surface area contributed by atoms with Crippen LogP contribution in [0.15, 0.2) is 16.3 Å². The Balaban J connectivity index is 2.24. The van der Waals surface area contributed by atoms with Crippen molar-refractivity contribution in [3.63, 3.8) is 0 Å². The van der Waals surface area contributed by atoms with Crippen molar-refractivity contribution in [2.45, 2.75) is 47.7 Å². The zero-order valence-electron chi connectivity index (χ0n) is 10.6. The normalized spacial score (nSPS) is 25.6. The molecule has 0 radical (unpaired) electrons. The van der Waals surface area contributed by atoms with Crippen molar-refractivity contribution in [3.05, 3.63) is 17.0 Å². The van der Waals surface area contributed by atoms with Gasteiger partial charge in [0.1, 0.15) is 4.21 Å². The molecule has 18 heavy (non-hydrogen) atoms. The lowest BCUT2D eigenvalue weighted by molar-refractivity contribution is 0.297. The van der Waals surface area contributed by atoms with Crippen LogP contribution in [-0.2, 0) is 10.0 Å². The van der Waals surface area contributed by atoms with E-state index in [1.54, 1.807) is 17.4 Å². The largest absolute Gasteiger partial charge is 0.252 e. The number of aryl methyl sites for hydroxylation is 1. The molecule has 1 aromatic heterocycles. The van der Waals surface area contributed by atoms with Gasteiger partial charge in [-0.05, 0) is 31.9 Å². The van der Waals surface area contributed by atoms with Gasteiger partial charge in [-0.3, -0.25) is 0 Å². The minimum atomic E-state index is -3.33. The third kappa shape index (κ3) is 2.81. The van der Waals surface area contributed by atoms with Crippen LogP contribution in [0.4, 0.5) is 0 Å². The van der Waals surface area contributed by atoms with Gasteiger partial charge >= 0.3 is 0 Å². The third-order valence-corrected chi connectivity index (χ3v) is 7.88. The van der Waals surface area contributed by atoms with Crippen molar-refractivity contribution in [2.75, 3.05) is 7.05 Å². The molecule has 2 rings (SSSR count). The quantitative estimate of drug-likeness (QED) is 0.782. The predicted molar refractivity (Wildman–Crippen MR) is 79.0 cm³/mol. The van der Waals surface area contributed by atoms with Gasteiger partial charge in [0.05, 0.1) is 0 Å². The second-order valence-electron chi connectivity index (χ2n) is 4.75. The highest BCUT2D eigenvalue weighted by atomic mass is 79.9. The number of hydrogen-bond acceptors (Lipinski definition) is 3. The lowest BCUT2D eigenvalue weighted by atomic mass is 9.96. The number of nitrogens with zero attached hydrogens (tertiary/aromatic N) is 1. The van der Waals surface area contributed by atoms with E-state index in [1.807, 2.05) is 13.0 Å². The summed E-state index contributed by atoms with van der Waals surface area (Å²) in [5.41, 5.74) is 0. The van der Waals surface area contributed by atoms with Gasteiger partial charge in [0, 0.05) is 22.8 Å². The zero-order chi connectivity index (χ0) is 13.3. The Hall–Kier alpha value is 0.0900. The van der Waals surface area contributed by atoms with Crippen LogP contribution in [0.1, 0.15) is 30.6 Å². The first-order valence-corrected chi connectivity index (χ1v) is 9.28. The third-order valence-electron chi connectivity index (χ3n) is 3.46. The van der Waals surface area contributed by atoms with Crippen molar-refractivity contribution in [2.24, 2.45) is 0 Å². The van der Waals surface area contributed by atoms with Crippen LogP contribution in [0.5, 0.6) is 0 Å². The van der Waals surface area contributed by atoms with Gasteiger partial charge in [0.25, 0.3) is 10.0 Å². The molecule has 0 aromatic carbocycles. The van der Waals surface area contributed by atoms with Gasteiger partial charge in [-0.1, -0.05) is 28.8 Å². The number of thiophene rings is 1. The molecule has 1 fully saturated rings. The molecule has 2 unspecified atom stereocenters. The molecule has 0 aliphatic heterocycles. The molecule has 0 bridgehead atoms. The van der Waals surface area contributed by atoms with E-state index in [9.17, 15) is 8.42 Å². The summed E-state index contributed by atoms with van der Waals surface area (Å²) < 4.78 is 27.0.